The Bertz CT molecular complexity index is 1510. The van der Waals surface area contributed by atoms with Crippen molar-refractivity contribution in [1.29, 1.82) is 0 Å². The second-order valence-corrected chi connectivity index (χ2v) is 9.06. The van der Waals surface area contributed by atoms with Gasteiger partial charge in [0, 0.05) is 23.4 Å². The van der Waals surface area contributed by atoms with Crippen molar-refractivity contribution in [3.63, 3.8) is 0 Å². The van der Waals surface area contributed by atoms with E-state index in [1.807, 2.05) is 0 Å². The van der Waals surface area contributed by atoms with Crippen LogP contribution in [-0.4, -0.2) is 48.2 Å². The monoisotopic (exact) mass is 582 g/mol. The molecule has 0 aliphatic rings. The molecular formula is C27H26N4O9S. The van der Waals surface area contributed by atoms with Crippen LogP contribution >= 0.6 is 11.3 Å². The number of anilines is 1. The number of benzene rings is 2. The third-order valence-corrected chi connectivity index (χ3v) is 6.60. The van der Waals surface area contributed by atoms with Crippen molar-refractivity contribution in [2.45, 2.75) is 20.8 Å². The van der Waals surface area contributed by atoms with E-state index in [1.54, 1.807) is 38.1 Å². The Hall–Kier alpha value is -5.11. The van der Waals surface area contributed by atoms with Gasteiger partial charge in [-0.25, -0.2) is 9.59 Å². The first-order chi connectivity index (χ1) is 19.6. The number of esters is 2. The van der Waals surface area contributed by atoms with Crippen LogP contribution in [0.5, 0.6) is 5.75 Å². The molecule has 13 nitrogen and oxygen atoms in total. The highest BCUT2D eigenvalue weighted by atomic mass is 32.1. The van der Waals surface area contributed by atoms with E-state index in [1.165, 1.54) is 26.2 Å². The first kappa shape index (κ1) is 30.4. The highest BCUT2D eigenvalue weighted by Gasteiger charge is 2.27. The Morgan fingerprint density at radius 3 is 2.17 bits per heavy atom. The normalized spacial score (nSPS) is 11.5. The number of hydrogen-bond acceptors (Lipinski definition) is 12. The van der Waals surface area contributed by atoms with Gasteiger partial charge in [0.15, 0.2) is 16.5 Å². The van der Waals surface area contributed by atoms with Crippen LogP contribution in [-0.2, 0) is 14.3 Å². The van der Waals surface area contributed by atoms with Gasteiger partial charge in [-0.2, -0.15) is 0 Å². The molecule has 1 heterocycles. The van der Waals surface area contributed by atoms with Gasteiger partial charge in [-0.1, -0.05) is 0 Å². The molecule has 0 aliphatic carbocycles. The van der Waals surface area contributed by atoms with E-state index in [0.29, 0.717) is 11.4 Å². The molecule has 2 N–H and O–H groups in total. The first-order valence-electron chi connectivity index (χ1n) is 12.1. The minimum absolute atomic E-state index is 0.0367. The molecule has 14 heteroatoms. The van der Waals surface area contributed by atoms with E-state index >= 15 is 0 Å². The molecule has 0 aliphatic heterocycles. The largest absolute Gasteiger partial charge is 0.505 e. The Morgan fingerprint density at radius 2 is 1.61 bits per heavy atom. The number of nitrogens with one attached hydrogen (secondary N) is 1. The molecule has 0 saturated heterocycles. The molecule has 0 bridgehead atoms. The van der Waals surface area contributed by atoms with Crippen molar-refractivity contribution in [2.75, 3.05) is 25.6 Å². The van der Waals surface area contributed by atoms with Gasteiger partial charge >= 0.3 is 11.9 Å². The van der Waals surface area contributed by atoms with Crippen LogP contribution in [0, 0.1) is 17.0 Å². The molecule has 214 valence electrons. The molecule has 3 rings (SSSR count). The van der Waals surface area contributed by atoms with Crippen molar-refractivity contribution in [2.24, 2.45) is 10.2 Å². The van der Waals surface area contributed by atoms with Crippen LogP contribution in [0.3, 0.4) is 0 Å². The standard InChI is InChI=1S/C27H26N4O9S/c1-5-39-26(34)20-15(3)23(27(35)40-6-2)41-25(20)30-29-21(22(32)16-7-11-18(12-8-16)31(36)37)24(33)28-17-9-13-19(38-4)14-10-17/h7-14,32H,5-6H2,1-4H3,(H,28,33)/b22-21-,30-29?. The quantitative estimate of drug-likeness (QED) is 0.0687. The summed E-state index contributed by atoms with van der Waals surface area (Å²) in [6, 6.07) is 11.1. The lowest BCUT2D eigenvalue weighted by Gasteiger charge is -2.09. The van der Waals surface area contributed by atoms with E-state index in [-0.39, 0.29) is 45.5 Å². The van der Waals surface area contributed by atoms with Gasteiger partial charge in [0.25, 0.3) is 11.6 Å². The van der Waals surface area contributed by atoms with Crippen LogP contribution < -0.4 is 10.1 Å². The number of azo groups is 1. The number of aliphatic hydroxyl groups excluding tert-OH is 1. The highest BCUT2D eigenvalue weighted by molar-refractivity contribution is 7.18. The Labute approximate surface area is 238 Å². The van der Waals surface area contributed by atoms with E-state index in [9.17, 15) is 29.6 Å². The molecule has 0 saturated carbocycles. The minimum Gasteiger partial charge on any atom is -0.505 e. The fraction of sp³-hybridized carbons (Fsp3) is 0.222. The molecule has 0 atom stereocenters. The number of ether oxygens (including phenoxy) is 3. The van der Waals surface area contributed by atoms with Crippen LogP contribution in [0.1, 0.15) is 45.0 Å². The maximum atomic E-state index is 13.3. The zero-order valence-electron chi connectivity index (χ0n) is 22.5. The van der Waals surface area contributed by atoms with Crippen LogP contribution in [0.4, 0.5) is 16.4 Å². The van der Waals surface area contributed by atoms with E-state index in [0.717, 1.165) is 23.5 Å². The van der Waals surface area contributed by atoms with Gasteiger partial charge in [0.05, 0.1) is 25.2 Å². The van der Waals surface area contributed by atoms with Crippen molar-refractivity contribution in [1.82, 2.24) is 0 Å². The number of nitro benzene ring substituents is 1. The Balaban J connectivity index is 2.12. The van der Waals surface area contributed by atoms with Crippen molar-refractivity contribution in [3.8, 4) is 5.75 Å². The number of methoxy groups -OCH3 is 1. The third kappa shape index (κ3) is 7.30. The summed E-state index contributed by atoms with van der Waals surface area (Å²) in [6.45, 7) is 4.92. The van der Waals surface area contributed by atoms with Gasteiger partial charge in [-0.3, -0.25) is 14.9 Å². The fourth-order valence-electron chi connectivity index (χ4n) is 3.44. The zero-order chi connectivity index (χ0) is 30.1. The lowest BCUT2D eigenvalue weighted by Crippen LogP contribution is -2.15. The molecule has 0 fully saturated rings. The van der Waals surface area contributed by atoms with E-state index < -0.39 is 34.2 Å². The summed E-state index contributed by atoms with van der Waals surface area (Å²) in [5.74, 6) is -2.43. The molecule has 41 heavy (non-hydrogen) atoms. The average molecular weight is 583 g/mol. The fourth-order valence-corrected chi connectivity index (χ4v) is 4.45. The second-order valence-electron chi connectivity index (χ2n) is 8.06. The molecule has 3 aromatic rings. The Morgan fingerprint density at radius 1 is 1.00 bits per heavy atom. The maximum absolute atomic E-state index is 13.3. The van der Waals surface area contributed by atoms with Crippen molar-refractivity contribution in [3.05, 3.63) is 85.9 Å². The molecule has 1 amide bonds. The number of non-ortho nitro benzene ring substituents is 1. The van der Waals surface area contributed by atoms with Gasteiger partial charge < -0.3 is 24.6 Å². The second kappa shape index (κ2) is 13.8. The molecule has 2 aromatic carbocycles. The highest BCUT2D eigenvalue weighted by Crippen LogP contribution is 2.37. The van der Waals surface area contributed by atoms with E-state index in [2.05, 4.69) is 15.5 Å². The Kier molecular flexibility index (Phi) is 10.2. The smallest absolute Gasteiger partial charge is 0.348 e. The summed E-state index contributed by atoms with van der Waals surface area (Å²) in [5, 5.41) is 32.6. The summed E-state index contributed by atoms with van der Waals surface area (Å²) in [5.41, 5.74) is -0.222. The molecule has 0 radical (unpaired) electrons. The third-order valence-electron chi connectivity index (χ3n) is 5.45. The zero-order valence-corrected chi connectivity index (χ0v) is 23.3. The van der Waals surface area contributed by atoms with Crippen LogP contribution in [0.15, 0.2) is 64.5 Å². The number of carbonyl (C=O) groups excluding carboxylic acids is 3. The molecular weight excluding hydrogens is 556 g/mol. The molecule has 0 spiro atoms. The van der Waals surface area contributed by atoms with Crippen LogP contribution in [0.25, 0.3) is 5.76 Å². The number of hydrogen-bond donors (Lipinski definition) is 2. The van der Waals surface area contributed by atoms with Gasteiger partial charge in [0.1, 0.15) is 16.2 Å². The number of carbonyl (C=O) groups is 3. The predicted molar refractivity (Wildman–Crippen MR) is 150 cm³/mol. The average Bonchev–Trinajstić information content (AvgIpc) is 3.29. The topological polar surface area (TPSA) is 179 Å². The van der Waals surface area contributed by atoms with Gasteiger partial charge in [-0.15, -0.1) is 21.6 Å². The molecule has 0 unspecified atom stereocenters. The number of nitrogens with zero attached hydrogens (tertiary/aromatic N) is 3. The summed E-state index contributed by atoms with van der Waals surface area (Å²) < 4.78 is 15.3. The molecule has 1 aromatic heterocycles. The van der Waals surface area contributed by atoms with Crippen molar-refractivity contribution >= 4 is 51.3 Å². The number of amides is 1. The summed E-state index contributed by atoms with van der Waals surface area (Å²) in [4.78, 5) is 49.0. The number of thiophene rings is 1. The van der Waals surface area contributed by atoms with E-state index in [4.69, 9.17) is 14.2 Å². The summed E-state index contributed by atoms with van der Waals surface area (Å²) in [6.07, 6.45) is 0. The number of nitro groups is 1. The predicted octanol–water partition coefficient (Wildman–Crippen LogP) is 5.98. The number of rotatable bonds is 11. The lowest BCUT2D eigenvalue weighted by molar-refractivity contribution is -0.384. The van der Waals surface area contributed by atoms with Gasteiger partial charge in [-0.05, 0) is 62.7 Å². The summed E-state index contributed by atoms with van der Waals surface area (Å²) in [7, 11) is 1.49. The summed E-state index contributed by atoms with van der Waals surface area (Å²) >= 11 is 0.802. The minimum atomic E-state index is -0.883. The SMILES string of the molecule is CCOC(=O)c1sc(N=N/C(C(=O)Nc2ccc(OC)cc2)=C(\O)c2ccc([N+](=O)[O-])cc2)c(C(=O)OCC)c1C. The maximum Gasteiger partial charge on any atom is 0.348 e. The van der Waals surface area contributed by atoms with Crippen LogP contribution in [0.2, 0.25) is 0 Å². The van der Waals surface area contributed by atoms with Gasteiger partial charge in [0.2, 0.25) is 0 Å². The lowest BCUT2D eigenvalue weighted by atomic mass is 10.1. The number of aliphatic hydroxyl groups is 1. The van der Waals surface area contributed by atoms with Crippen molar-refractivity contribution < 1.29 is 38.6 Å². The first-order valence-corrected chi connectivity index (χ1v) is 13.0.